The highest BCUT2D eigenvalue weighted by Crippen LogP contribution is 2.30. The lowest BCUT2D eigenvalue weighted by Gasteiger charge is -2.21. The Labute approximate surface area is 134 Å². The Kier molecular flexibility index (Phi) is 5.05. The summed E-state index contributed by atoms with van der Waals surface area (Å²) < 4.78 is 6.65. The van der Waals surface area contributed by atoms with E-state index in [1.165, 1.54) is 25.8 Å². The molecule has 106 valence electrons. The van der Waals surface area contributed by atoms with Gasteiger partial charge in [0.2, 0.25) is 0 Å². The lowest BCUT2D eigenvalue weighted by Crippen LogP contribution is -2.19. The highest BCUT2D eigenvalue weighted by Gasteiger charge is 2.16. The molecule has 2 nitrogen and oxygen atoms in total. The van der Waals surface area contributed by atoms with Crippen molar-refractivity contribution in [3.8, 4) is 5.75 Å². The molecular formula is C17H20INO. The predicted molar refractivity (Wildman–Crippen MR) is 92.5 cm³/mol. The number of methoxy groups -OCH3 is 1. The zero-order valence-electron chi connectivity index (χ0n) is 12.3. The van der Waals surface area contributed by atoms with Crippen LogP contribution in [-0.4, -0.2) is 14.2 Å². The second-order valence-electron chi connectivity index (χ2n) is 4.96. The number of aryl methyl sites for hydroxylation is 2. The van der Waals surface area contributed by atoms with E-state index in [1.54, 1.807) is 7.11 Å². The SMILES string of the molecule is CNC(c1cccc(I)c1)c1cc(C)c(OC)cc1C. The molecule has 0 heterocycles. The minimum atomic E-state index is 0.203. The van der Waals surface area contributed by atoms with Crippen molar-refractivity contribution in [3.05, 3.63) is 62.2 Å². The normalized spacial score (nSPS) is 12.2. The number of rotatable bonds is 4. The highest BCUT2D eigenvalue weighted by atomic mass is 127. The molecule has 1 N–H and O–H groups in total. The topological polar surface area (TPSA) is 21.3 Å². The summed E-state index contributed by atoms with van der Waals surface area (Å²) >= 11 is 2.35. The Hall–Kier alpha value is -1.07. The van der Waals surface area contributed by atoms with Crippen LogP contribution in [0.4, 0.5) is 0 Å². The lowest BCUT2D eigenvalue weighted by molar-refractivity contribution is 0.411. The molecular weight excluding hydrogens is 361 g/mol. The zero-order valence-corrected chi connectivity index (χ0v) is 14.5. The van der Waals surface area contributed by atoms with Crippen LogP contribution in [0.5, 0.6) is 5.75 Å². The highest BCUT2D eigenvalue weighted by molar-refractivity contribution is 14.1. The Balaban J connectivity index is 2.49. The molecule has 2 aromatic carbocycles. The van der Waals surface area contributed by atoms with Crippen molar-refractivity contribution >= 4 is 22.6 Å². The standard InChI is InChI=1S/C17H20INO/c1-11-9-16(20-4)12(2)8-15(11)17(19-3)13-6-5-7-14(18)10-13/h5-10,17,19H,1-4H3. The van der Waals surface area contributed by atoms with E-state index in [9.17, 15) is 0 Å². The fraction of sp³-hybridized carbons (Fsp3) is 0.294. The van der Waals surface area contributed by atoms with Gasteiger partial charge >= 0.3 is 0 Å². The van der Waals surface area contributed by atoms with Gasteiger partial charge in [-0.2, -0.15) is 0 Å². The number of ether oxygens (including phenoxy) is 1. The molecule has 0 saturated heterocycles. The molecule has 0 fully saturated rings. The number of nitrogens with one attached hydrogen (secondary N) is 1. The van der Waals surface area contributed by atoms with Gasteiger partial charge in [-0.1, -0.05) is 18.2 Å². The maximum atomic E-state index is 5.40. The van der Waals surface area contributed by atoms with E-state index in [-0.39, 0.29) is 6.04 Å². The third kappa shape index (κ3) is 3.15. The van der Waals surface area contributed by atoms with Gasteiger partial charge in [-0.3, -0.25) is 0 Å². The fourth-order valence-electron chi connectivity index (χ4n) is 2.53. The van der Waals surface area contributed by atoms with Crippen LogP contribution in [-0.2, 0) is 0 Å². The average Bonchev–Trinajstić information content (AvgIpc) is 2.43. The molecule has 0 amide bonds. The van der Waals surface area contributed by atoms with E-state index in [0.29, 0.717) is 0 Å². The molecule has 1 atom stereocenters. The molecule has 0 saturated carbocycles. The van der Waals surface area contributed by atoms with Crippen molar-refractivity contribution in [2.45, 2.75) is 19.9 Å². The van der Waals surface area contributed by atoms with Crippen LogP contribution >= 0.6 is 22.6 Å². The van der Waals surface area contributed by atoms with Crippen LogP contribution in [0.15, 0.2) is 36.4 Å². The van der Waals surface area contributed by atoms with Crippen molar-refractivity contribution in [1.29, 1.82) is 0 Å². The number of benzene rings is 2. The summed E-state index contributed by atoms with van der Waals surface area (Å²) in [5.74, 6) is 0.948. The van der Waals surface area contributed by atoms with E-state index >= 15 is 0 Å². The van der Waals surface area contributed by atoms with E-state index < -0.39 is 0 Å². The van der Waals surface area contributed by atoms with Gasteiger partial charge in [0.05, 0.1) is 13.2 Å². The van der Waals surface area contributed by atoms with E-state index in [4.69, 9.17) is 4.74 Å². The largest absolute Gasteiger partial charge is 0.496 e. The van der Waals surface area contributed by atoms with Gasteiger partial charge in [-0.15, -0.1) is 0 Å². The van der Waals surface area contributed by atoms with Crippen molar-refractivity contribution in [2.24, 2.45) is 0 Å². The maximum absolute atomic E-state index is 5.40. The summed E-state index contributed by atoms with van der Waals surface area (Å²) in [6, 6.07) is 13.1. The first-order valence-corrected chi connectivity index (χ1v) is 7.72. The molecule has 0 radical (unpaired) electrons. The quantitative estimate of drug-likeness (QED) is 0.801. The van der Waals surface area contributed by atoms with E-state index in [0.717, 1.165) is 5.75 Å². The third-order valence-electron chi connectivity index (χ3n) is 3.57. The zero-order chi connectivity index (χ0) is 14.7. The number of halogens is 1. The second-order valence-corrected chi connectivity index (χ2v) is 6.20. The minimum absolute atomic E-state index is 0.203. The molecule has 0 aliphatic rings. The van der Waals surface area contributed by atoms with E-state index in [1.807, 2.05) is 7.05 Å². The van der Waals surface area contributed by atoms with Gasteiger partial charge in [0.15, 0.2) is 0 Å². The molecule has 0 aliphatic carbocycles. The van der Waals surface area contributed by atoms with Crippen LogP contribution in [0.3, 0.4) is 0 Å². The molecule has 0 spiro atoms. The van der Waals surface area contributed by atoms with Crippen LogP contribution in [0, 0.1) is 17.4 Å². The van der Waals surface area contributed by atoms with Gasteiger partial charge in [-0.05, 0) is 83.9 Å². The monoisotopic (exact) mass is 381 g/mol. The summed E-state index contributed by atoms with van der Waals surface area (Å²) in [7, 11) is 3.72. The summed E-state index contributed by atoms with van der Waals surface area (Å²) in [6.07, 6.45) is 0. The summed E-state index contributed by atoms with van der Waals surface area (Å²) in [5, 5.41) is 3.42. The molecule has 3 heteroatoms. The van der Waals surface area contributed by atoms with Crippen LogP contribution < -0.4 is 10.1 Å². The first-order valence-electron chi connectivity index (χ1n) is 6.64. The lowest BCUT2D eigenvalue weighted by atomic mass is 9.93. The molecule has 2 aromatic rings. The Morgan fingerprint density at radius 2 is 1.85 bits per heavy atom. The smallest absolute Gasteiger partial charge is 0.122 e. The molecule has 1 unspecified atom stereocenters. The Morgan fingerprint density at radius 3 is 2.45 bits per heavy atom. The van der Waals surface area contributed by atoms with Gasteiger partial charge in [0.25, 0.3) is 0 Å². The first-order chi connectivity index (χ1) is 9.56. The predicted octanol–water partition coefficient (Wildman–Crippen LogP) is 4.23. The first kappa shape index (κ1) is 15.3. The molecule has 0 aromatic heterocycles. The summed E-state index contributed by atoms with van der Waals surface area (Å²) in [4.78, 5) is 0. The van der Waals surface area contributed by atoms with Crippen molar-refractivity contribution in [3.63, 3.8) is 0 Å². The molecule has 0 aliphatic heterocycles. The van der Waals surface area contributed by atoms with Crippen molar-refractivity contribution in [2.75, 3.05) is 14.2 Å². The minimum Gasteiger partial charge on any atom is -0.496 e. The maximum Gasteiger partial charge on any atom is 0.122 e. The fourth-order valence-corrected chi connectivity index (χ4v) is 3.10. The van der Waals surface area contributed by atoms with E-state index in [2.05, 4.69) is 78.2 Å². The van der Waals surface area contributed by atoms with Crippen LogP contribution in [0.25, 0.3) is 0 Å². The molecule has 2 rings (SSSR count). The summed E-state index contributed by atoms with van der Waals surface area (Å²) in [5.41, 5.74) is 4.99. The van der Waals surface area contributed by atoms with Crippen molar-refractivity contribution in [1.82, 2.24) is 5.32 Å². The molecule has 20 heavy (non-hydrogen) atoms. The molecule has 0 bridgehead atoms. The van der Waals surface area contributed by atoms with Crippen LogP contribution in [0.1, 0.15) is 28.3 Å². The van der Waals surface area contributed by atoms with Crippen LogP contribution in [0.2, 0.25) is 0 Å². The number of hydrogen-bond acceptors (Lipinski definition) is 2. The summed E-state index contributed by atoms with van der Waals surface area (Å²) in [6.45, 7) is 4.22. The average molecular weight is 381 g/mol. The number of hydrogen-bond donors (Lipinski definition) is 1. The van der Waals surface area contributed by atoms with Gasteiger partial charge < -0.3 is 10.1 Å². The van der Waals surface area contributed by atoms with Gasteiger partial charge in [-0.25, -0.2) is 0 Å². The van der Waals surface area contributed by atoms with Gasteiger partial charge in [0.1, 0.15) is 5.75 Å². The van der Waals surface area contributed by atoms with Crippen molar-refractivity contribution < 1.29 is 4.74 Å². The Bertz CT molecular complexity index is 610. The third-order valence-corrected chi connectivity index (χ3v) is 4.24. The Morgan fingerprint density at radius 1 is 1.10 bits per heavy atom. The second kappa shape index (κ2) is 6.59. The van der Waals surface area contributed by atoms with Gasteiger partial charge in [0, 0.05) is 3.57 Å².